The van der Waals surface area contributed by atoms with Gasteiger partial charge in [-0.3, -0.25) is 19.5 Å². The van der Waals surface area contributed by atoms with Crippen LogP contribution in [-0.2, 0) is 11.3 Å². The second-order valence-electron chi connectivity index (χ2n) is 8.04. The smallest absolute Gasteiger partial charge is 0.292 e. The first-order valence-corrected chi connectivity index (χ1v) is 10.3. The largest absolute Gasteiger partial charge is 0.392 e. The Bertz CT molecular complexity index is 879. The number of aliphatic hydroxyl groups excluding tert-OH is 1. The normalized spacial score (nSPS) is 22.9. The number of likely N-dealkylation sites (tertiary alicyclic amines) is 2. The lowest BCUT2D eigenvalue weighted by Gasteiger charge is -2.38. The number of carbonyl (C=O) groups excluding carboxylic acids is 2. The zero-order valence-corrected chi connectivity index (χ0v) is 17.0. The van der Waals surface area contributed by atoms with Crippen molar-refractivity contribution in [2.45, 2.75) is 50.9 Å². The van der Waals surface area contributed by atoms with Crippen molar-refractivity contribution in [3.63, 3.8) is 0 Å². The molecule has 2 atom stereocenters. The highest BCUT2D eigenvalue weighted by Crippen LogP contribution is 2.27. The number of piperidine rings is 1. The first-order valence-electron chi connectivity index (χ1n) is 10.3. The third-order valence-electron chi connectivity index (χ3n) is 5.87. The average molecular weight is 413 g/mol. The van der Waals surface area contributed by atoms with E-state index < -0.39 is 6.10 Å². The predicted octanol–water partition coefficient (Wildman–Crippen LogP) is 0.734. The summed E-state index contributed by atoms with van der Waals surface area (Å²) >= 11 is 0. The third kappa shape index (κ3) is 4.52. The number of hydrogen-bond donors (Lipinski definition) is 2. The molecule has 0 aliphatic carbocycles. The lowest BCUT2D eigenvalue weighted by molar-refractivity contribution is -0.126. The molecule has 0 unspecified atom stereocenters. The lowest BCUT2D eigenvalue weighted by Crippen LogP contribution is -2.52. The molecule has 9 nitrogen and oxygen atoms in total. The van der Waals surface area contributed by atoms with Crippen molar-refractivity contribution < 1.29 is 19.2 Å². The molecular weight excluding hydrogens is 386 g/mol. The van der Waals surface area contributed by atoms with Gasteiger partial charge in [-0.2, -0.15) is 0 Å². The Morgan fingerprint density at radius 3 is 2.80 bits per heavy atom. The van der Waals surface area contributed by atoms with E-state index in [1.54, 1.807) is 30.3 Å². The summed E-state index contributed by atoms with van der Waals surface area (Å²) in [5, 5.41) is 17.0. The Labute approximate surface area is 175 Å². The SMILES string of the molecule is Cc1cc(C(=O)N2CCC(N3C[C@H](O)C[C@H]3C(=O)NCc3cccnc3)CC2)on1. The van der Waals surface area contributed by atoms with Crippen LogP contribution in [0.25, 0.3) is 0 Å². The van der Waals surface area contributed by atoms with Gasteiger partial charge in [0.1, 0.15) is 0 Å². The molecule has 4 rings (SSSR count). The number of amides is 2. The molecule has 0 radical (unpaired) electrons. The predicted molar refractivity (Wildman–Crippen MR) is 107 cm³/mol. The van der Waals surface area contributed by atoms with Gasteiger partial charge in [-0.1, -0.05) is 11.2 Å². The van der Waals surface area contributed by atoms with E-state index >= 15 is 0 Å². The van der Waals surface area contributed by atoms with Crippen LogP contribution in [0.5, 0.6) is 0 Å². The van der Waals surface area contributed by atoms with Gasteiger partial charge >= 0.3 is 0 Å². The minimum atomic E-state index is -0.518. The van der Waals surface area contributed by atoms with Gasteiger partial charge in [-0.25, -0.2) is 0 Å². The Balaban J connectivity index is 1.33. The number of aliphatic hydroxyl groups is 1. The molecule has 0 spiro atoms. The molecule has 0 bridgehead atoms. The highest BCUT2D eigenvalue weighted by atomic mass is 16.5. The molecule has 2 fully saturated rings. The van der Waals surface area contributed by atoms with Crippen molar-refractivity contribution in [3.8, 4) is 0 Å². The van der Waals surface area contributed by atoms with Gasteiger partial charge in [0.2, 0.25) is 11.7 Å². The summed E-state index contributed by atoms with van der Waals surface area (Å²) in [4.78, 5) is 33.3. The number of nitrogens with one attached hydrogen (secondary N) is 1. The molecule has 2 aliphatic rings. The zero-order valence-electron chi connectivity index (χ0n) is 17.0. The van der Waals surface area contributed by atoms with Crippen LogP contribution >= 0.6 is 0 Å². The van der Waals surface area contributed by atoms with E-state index in [9.17, 15) is 14.7 Å². The number of β-amino-alcohol motifs (C(OH)–C–C–N with tert-alkyl or cyclic N) is 1. The van der Waals surface area contributed by atoms with Gasteiger partial charge in [0.15, 0.2) is 0 Å². The minimum absolute atomic E-state index is 0.0777. The number of aryl methyl sites for hydroxylation is 1. The zero-order chi connectivity index (χ0) is 21.1. The molecule has 4 heterocycles. The summed E-state index contributed by atoms with van der Waals surface area (Å²) in [6, 6.07) is 5.19. The molecule has 9 heteroatoms. The summed E-state index contributed by atoms with van der Waals surface area (Å²) < 4.78 is 5.09. The fourth-order valence-corrected chi connectivity index (χ4v) is 4.33. The Morgan fingerprint density at radius 2 is 2.13 bits per heavy atom. The van der Waals surface area contributed by atoms with Gasteiger partial charge in [0.25, 0.3) is 5.91 Å². The van der Waals surface area contributed by atoms with E-state index in [-0.39, 0.29) is 29.7 Å². The monoisotopic (exact) mass is 413 g/mol. The van der Waals surface area contributed by atoms with E-state index in [0.717, 1.165) is 18.4 Å². The van der Waals surface area contributed by atoms with Crippen molar-refractivity contribution in [1.82, 2.24) is 25.3 Å². The molecule has 2 aromatic rings. The molecule has 2 saturated heterocycles. The van der Waals surface area contributed by atoms with Crippen LogP contribution in [0.3, 0.4) is 0 Å². The van der Waals surface area contributed by atoms with Crippen LogP contribution in [0, 0.1) is 6.92 Å². The van der Waals surface area contributed by atoms with E-state index in [2.05, 4.69) is 20.4 Å². The Kier molecular flexibility index (Phi) is 6.10. The van der Waals surface area contributed by atoms with E-state index in [1.165, 1.54) is 0 Å². The second-order valence-corrected chi connectivity index (χ2v) is 8.04. The Hall–Kier alpha value is -2.78. The summed E-state index contributed by atoms with van der Waals surface area (Å²) in [5.41, 5.74) is 1.62. The summed E-state index contributed by atoms with van der Waals surface area (Å²) in [5.74, 6) is 0.0301. The third-order valence-corrected chi connectivity index (χ3v) is 5.87. The standard InChI is InChI=1S/C21H27N5O4/c1-14-9-19(30-24-14)21(29)25-7-4-16(5-8-25)26-13-17(27)10-18(26)20(28)23-12-15-3-2-6-22-11-15/h2-3,6,9,11,16-18,27H,4-5,7-8,10,12-13H2,1H3,(H,23,28)/t17-,18+/m1/s1. The number of hydrogen-bond acceptors (Lipinski definition) is 7. The second kappa shape index (κ2) is 8.93. The molecule has 0 aromatic carbocycles. The highest BCUT2D eigenvalue weighted by Gasteiger charge is 2.41. The fourth-order valence-electron chi connectivity index (χ4n) is 4.33. The summed E-state index contributed by atoms with van der Waals surface area (Å²) in [7, 11) is 0. The van der Waals surface area contributed by atoms with Crippen LogP contribution in [-0.4, -0.2) is 74.7 Å². The van der Waals surface area contributed by atoms with Gasteiger partial charge in [-0.05, 0) is 37.8 Å². The summed E-state index contributed by atoms with van der Waals surface area (Å²) in [6.07, 6.45) is 4.83. The number of rotatable bonds is 5. The number of nitrogens with zero attached hydrogens (tertiary/aromatic N) is 4. The molecule has 30 heavy (non-hydrogen) atoms. The van der Waals surface area contributed by atoms with Crippen LogP contribution in [0.2, 0.25) is 0 Å². The number of aromatic nitrogens is 2. The maximum Gasteiger partial charge on any atom is 0.292 e. The molecule has 160 valence electrons. The van der Waals surface area contributed by atoms with Gasteiger partial charge in [0.05, 0.1) is 17.8 Å². The number of carbonyl (C=O) groups is 2. The molecular formula is C21H27N5O4. The topological polar surface area (TPSA) is 112 Å². The van der Waals surface area contributed by atoms with Crippen molar-refractivity contribution in [1.29, 1.82) is 0 Å². The first kappa shape index (κ1) is 20.5. The molecule has 2 amide bonds. The van der Waals surface area contributed by atoms with Crippen LogP contribution in [0.15, 0.2) is 35.1 Å². The van der Waals surface area contributed by atoms with Crippen molar-refractivity contribution in [3.05, 3.63) is 47.6 Å². The van der Waals surface area contributed by atoms with Crippen LogP contribution in [0.1, 0.15) is 41.1 Å². The van der Waals surface area contributed by atoms with Crippen molar-refractivity contribution in [2.24, 2.45) is 0 Å². The number of pyridine rings is 1. The van der Waals surface area contributed by atoms with E-state index in [1.807, 2.05) is 12.1 Å². The Morgan fingerprint density at radius 1 is 1.33 bits per heavy atom. The summed E-state index contributed by atoms with van der Waals surface area (Å²) in [6.45, 7) is 3.84. The van der Waals surface area contributed by atoms with Crippen LogP contribution < -0.4 is 5.32 Å². The van der Waals surface area contributed by atoms with Crippen molar-refractivity contribution >= 4 is 11.8 Å². The maximum absolute atomic E-state index is 12.8. The molecule has 2 aliphatic heterocycles. The highest BCUT2D eigenvalue weighted by molar-refractivity contribution is 5.91. The van der Waals surface area contributed by atoms with E-state index in [0.29, 0.717) is 38.3 Å². The van der Waals surface area contributed by atoms with Crippen molar-refractivity contribution in [2.75, 3.05) is 19.6 Å². The van der Waals surface area contributed by atoms with E-state index in [4.69, 9.17) is 4.52 Å². The van der Waals surface area contributed by atoms with Gasteiger partial charge in [-0.15, -0.1) is 0 Å². The molecule has 2 aromatic heterocycles. The van der Waals surface area contributed by atoms with Crippen LogP contribution in [0.4, 0.5) is 0 Å². The quantitative estimate of drug-likeness (QED) is 0.743. The fraction of sp³-hybridized carbons (Fsp3) is 0.524. The lowest BCUT2D eigenvalue weighted by atomic mass is 10.0. The average Bonchev–Trinajstić information content (AvgIpc) is 3.38. The molecule has 2 N–H and O–H groups in total. The van der Waals surface area contributed by atoms with Gasteiger partial charge < -0.3 is 19.8 Å². The molecule has 0 saturated carbocycles. The minimum Gasteiger partial charge on any atom is -0.392 e. The maximum atomic E-state index is 12.8. The first-order chi connectivity index (χ1) is 14.5. The van der Waals surface area contributed by atoms with Gasteiger partial charge in [0, 0.05) is 50.7 Å².